The molecule has 1 aromatic carbocycles. The first-order valence-corrected chi connectivity index (χ1v) is 6.90. The van der Waals surface area contributed by atoms with E-state index < -0.39 is 5.97 Å². The number of aromatic carboxylic acids is 1. The fourth-order valence-corrected chi connectivity index (χ4v) is 2.67. The zero-order valence-corrected chi connectivity index (χ0v) is 12.1. The van der Waals surface area contributed by atoms with Crippen LogP contribution in [0.15, 0.2) is 24.3 Å². The Balaban J connectivity index is 1.91. The predicted octanol–water partition coefficient (Wildman–Crippen LogP) is 0.585. The number of carboxylic acids is 1. The maximum atomic E-state index is 12.6. The normalized spacial score (nSPS) is 14.2. The lowest BCUT2D eigenvalue weighted by Crippen LogP contribution is -2.38. The van der Waals surface area contributed by atoms with Crippen molar-refractivity contribution in [2.75, 3.05) is 11.4 Å². The van der Waals surface area contributed by atoms with Crippen molar-refractivity contribution in [1.29, 1.82) is 0 Å². The van der Waals surface area contributed by atoms with E-state index in [1.165, 1.54) is 4.90 Å². The molecule has 0 unspecified atom stereocenters. The van der Waals surface area contributed by atoms with E-state index in [0.717, 1.165) is 5.56 Å². The van der Waals surface area contributed by atoms with Crippen LogP contribution in [0.4, 0.5) is 5.69 Å². The summed E-state index contributed by atoms with van der Waals surface area (Å²) in [7, 11) is 5.21. The third kappa shape index (κ3) is 2.83. The molecule has 0 fully saturated rings. The van der Waals surface area contributed by atoms with Crippen LogP contribution in [-0.2, 0) is 13.0 Å². The molecule has 3 N–H and O–H groups in total. The standard InChI is InChI=1S/C14H13BN4O4/c15-19(23)7-8-2-1-3-9(6-8)18-5-4-10-11(13(18)20)16-17-12(10)14(21)22/h1-3,6,23H,4-5,7H2,(H,16,17)(H,21,22). The number of nitrogens with zero attached hydrogens (tertiary/aromatic N) is 3. The summed E-state index contributed by atoms with van der Waals surface area (Å²) < 4.78 is 0. The number of hydrogen-bond donors (Lipinski definition) is 3. The first-order chi connectivity index (χ1) is 11.0. The molecule has 23 heavy (non-hydrogen) atoms. The van der Waals surface area contributed by atoms with Gasteiger partial charge in [0, 0.05) is 24.3 Å². The number of nitrogens with one attached hydrogen (secondary N) is 1. The van der Waals surface area contributed by atoms with Crippen molar-refractivity contribution in [1.82, 2.24) is 15.2 Å². The SMILES string of the molecule is [B]N(O)Cc1cccc(N2CCc3c(n[nH]c3C(=O)O)C2=O)c1. The molecule has 1 aromatic heterocycles. The predicted molar refractivity (Wildman–Crippen MR) is 80.5 cm³/mol. The number of hydrogen-bond acceptors (Lipinski definition) is 5. The highest BCUT2D eigenvalue weighted by molar-refractivity contribution is 6.08. The Morgan fingerprint density at radius 1 is 1.48 bits per heavy atom. The lowest BCUT2D eigenvalue weighted by atomic mass is 10.0. The monoisotopic (exact) mass is 312 g/mol. The number of hydroxylamine groups is 1. The van der Waals surface area contributed by atoms with Crippen LogP contribution < -0.4 is 4.90 Å². The highest BCUT2D eigenvalue weighted by Gasteiger charge is 2.32. The Bertz CT molecular complexity index is 774. The summed E-state index contributed by atoms with van der Waals surface area (Å²) in [6.45, 7) is 0.466. The van der Waals surface area contributed by atoms with Gasteiger partial charge in [0.15, 0.2) is 5.69 Å². The molecule has 2 aromatic rings. The lowest BCUT2D eigenvalue weighted by Gasteiger charge is -2.26. The van der Waals surface area contributed by atoms with Gasteiger partial charge >= 0.3 is 5.97 Å². The number of carbonyl (C=O) groups excluding carboxylic acids is 1. The first-order valence-electron chi connectivity index (χ1n) is 6.90. The number of aromatic amines is 1. The molecule has 1 aliphatic heterocycles. The number of fused-ring (bicyclic) bond motifs is 1. The summed E-state index contributed by atoms with van der Waals surface area (Å²) in [6, 6.07) is 7.03. The summed E-state index contributed by atoms with van der Waals surface area (Å²) in [5, 5.41) is 24.4. The van der Waals surface area contributed by atoms with Crippen molar-refractivity contribution < 1.29 is 19.9 Å². The van der Waals surface area contributed by atoms with E-state index in [1.54, 1.807) is 24.3 Å². The molecule has 0 saturated heterocycles. The van der Waals surface area contributed by atoms with E-state index in [4.69, 9.17) is 18.3 Å². The van der Waals surface area contributed by atoms with E-state index in [0.29, 0.717) is 29.2 Å². The molecule has 1 aliphatic rings. The average Bonchev–Trinajstić information content (AvgIpc) is 2.92. The van der Waals surface area contributed by atoms with Crippen LogP contribution in [-0.4, -0.2) is 51.9 Å². The number of rotatable bonds is 4. The van der Waals surface area contributed by atoms with Crippen LogP contribution >= 0.6 is 0 Å². The molecular weight excluding hydrogens is 299 g/mol. The van der Waals surface area contributed by atoms with Gasteiger partial charge in [-0.05, 0) is 24.1 Å². The van der Waals surface area contributed by atoms with Gasteiger partial charge < -0.3 is 15.2 Å². The Morgan fingerprint density at radius 2 is 2.26 bits per heavy atom. The second-order valence-corrected chi connectivity index (χ2v) is 5.21. The van der Waals surface area contributed by atoms with Crippen LogP contribution in [0.25, 0.3) is 0 Å². The smallest absolute Gasteiger partial charge is 0.354 e. The van der Waals surface area contributed by atoms with Gasteiger partial charge in [0.1, 0.15) is 5.69 Å². The third-order valence-electron chi connectivity index (χ3n) is 3.68. The topological polar surface area (TPSA) is 110 Å². The molecule has 2 radical (unpaired) electrons. The highest BCUT2D eigenvalue weighted by atomic mass is 16.5. The van der Waals surface area contributed by atoms with Gasteiger partial charge in [0.2, 0.25) is 7.98 Å². The van der Waals surface area contributed by atoms with Crippen LogP contribution in [0, 0.1) is 0 Å². The van der Waals surface area contributed by atoms with Crippen molar-refractivity contribution in [3.8, 4) is 0 Å². The van der Waals surface area contributed by atoms with E-state index in [-0.39, 0.29) is 23.8 Å². The molecule has 0 aliphatic carbocycles. The second kappa shape index (κ2) is 5.86. The molecule has 2 heterocycles. The van der Waals surface area contributed by atoms with Crippen molar-refractivity contribution >= 4 is 25.5 Å². The lowest BCUT2D eigenvalue weighted by molar-refractivity contribution is -0.00335. The number of anilines is 1. The number of benzene rings is 1. The number of amides is 1. The third-order valence-corrected chi connectivity index (χ3v) is 3.68. The van der Waals surface area contributed by atoms with Gasteiger partial charge in [-0.2, -0.15) is 5.10 Å². The van der Waals surface area contributed by atoms with Crippen molar-refractivity contribution in [3.63, 3.8) is 0 Å². The molecule has 0 spiro atoms. The minimum absolute atomic E-state index is 0.0409. The van der Waals surface area contributed by atoms with Crippen LogP contribution in [0.2, 0.25) is 0 Å². The molecular formula is C14H13BN4O4. The largest absolute Gasteiger partial charge is 0.477 e. The zero-order valence-electron chi connectivity index (χ0n) is 12.1. The number of carbonyl (C=O) groups is 2. The zero-order chi connectivity index (χ0) is 16.6. The van der Waals surface area contributed by atoms with Crippen molar-refractivity contribution in [2.45, 2.75) is 13.0 Å². The molecule has 0 saturated carbocycles. The summed E-state index contributed by atoms with van der Waals surface area (Å²) in [5.74, 6) is -1.49. The average molecular weight is 312 g/mol. The van der Waals surface area contributed by atoms with Crippen LogP contribution in [0.1, 0.15) is 32.1 Å². The molecule has 116 valence electrons. The van der Waals surface area contributed by atoms with E-state index in [2.05, 4.69) is 10.2 Å². The first kappa shape index (κ1) is 15.3. The summed E-state index contributed by atoms with van der Waals surface area (Å²) in [6.07, 6.45) is 0.395. The number of carboxylic acid groups (broad SMARTS) is 1. The van der Waals surface area contributed by atoms with Crippen LogP contribution in [0.3, 0.4) is 0 Å². The molecule has 1 amide bonds. The fourth-order valence-electron chi connectivity index (χ4n) is 2.67. The number of H-pyrrole nitrogens is 1. The van der Waals surface area contributed by atoms with Gasteiger partial charge in [0.05, 0.1) is 0 Å². The molecule has 8 nitrogen and oxygen atoms in total. The Kier molecular flexibility index (Phi) is 3.89. The van der Waals surface area contributed by atoms with Gasteiger partial charge in [-0.1, -0.05) is 12.1 Å². The minimum Gasteiger partial charge on any atom is -0.477 e. The van der Waals surface area contributed by atoms with E-state index in [9.17, 15) is 9.59 Å². The fraction of sp³-hybridized carbons (Fsp3) is 0.214. The quantitative estimate of drug-likeness (QED) is 0.563. The minimum atomic E-state index is -1.13. The Labute approximate surface area is 132 Å². The molecule has 9 heteroatoms. The van der Waals surface area contributed by atoms with Gasteiger partial charge in [-0.25, -0.2) is 9.77 Å². The van der Waals surface area contributed by atoms with Crippen LogP contribution in [0.5, 0.6) is 0 Å². The van der Waals surface area contributed by atoms with Gasteiger partial charge in [-0.15, -0.1) is 0 Å². The Hall–Kier alpha value is -2.65. The molecule has 0 atom stereocenters. The summed E-state index contributed by atoms with van der Waals surface area (Å²) in [4.78, 5) is 25.7. The Morgan fingerprint density at radius 3 is 2.96 bits per heavy atom. The molecule has 3 rings (SSSR count). The number of aromatic nitrogens is 2. The maximum absolute atomic E-state index is 12.6. The van der Waals surface area contributed by atoms with Crippen molar-refractivity contribution in [3.05, 3.63) is 46.8 Å². The maximum Gasteiger partial charge on any atom is 0.354 e. The van der Waals surface area contributed by atoms with E-state index in [1.807, 2.05) is 0 Å². The summed E-state index contributed by atoms with van der Waals surface area (Å²) >= 11 is 0. The summed E-state index contributed by atoms with van der Waals surface area (Å²) in [5.41, 5.74) is 1.89. The van der Waals surface area contributed by atoms with E-state index >= 15 is 0 Å². The van der Waals surface area contributed by atoms with Crippen molar-refractivity contribution in [2.24, 2.45) is 0 Å². The van der Waals surface area contributed by atoms with Gasteiger partial charge in [-0.3, -0.25) is 9.89 Å². The van der Waals surface area contributed by atoms with Gasteiger partial charge in [0.25, 0.3) is 5.91 Å². The highest BCUT2D eigenvalue weighted by Crippen LogP contribution is 2.26. The molecule has 0 bridgehead atoms. The second-order valence-electron chi connectivity index (χ2n) is 5.21.